The first-order chi connectivity index (χ1) is 8.66. The highest BCUT2D eigenvalue weighted by atomic mass is 16.2. The Kier molecular flexibility index (Phi) is 2.16. The summed E-state index contributed by atoms with van der Waals surface area (Å²) >= 11 is 0. The highest BCUT2D eigenvalue weighted by molar-refractivity contribution is 6.14. The molecule has 0 atom stereocenters. The Morgan fingerprint density at radius 3 is 2.94 bits per heavy atom. The van der Waals surface area contributed by atoms with E-state index in [1.54, 1.807) is 18.5 Å². The molecule has 1 aliphatic rings. The molecule has 2 aromatic rings. The van der Waals surface area contributed by atoms with Gasteiger partial charge < -0.3 is 10.3 Å². The largest absolute Gasteiger partial charge is 0.359 e. The molecule has 0 saturated carbocycles. The number of nitrogens with one attached hydrogen (secondary N) is 2. The third-order valence-electron chi connectivity index (χ3n) is 2.85. The lowest BCUT2D eigenvalue weighted by Gasteiger charge is -1.99. The summed E-state index contributed by atoms with van der Waals surface area (Å²) in [6.45, 7) is 0. The van der Waals surface area contributed by atoms with Gasteiger partial charge in [0.1, 0.15) is 5.70 Å². The third kappa shape index (κ3) is 1.46. The van der Waals surface area contributed by atoms with Crippen LogP contribution in [-0.4, -0.2) is 33.9 Å². The number of carbonyl (C=O) groups is 2. The van der Waals surface area contributed by atoms with Gasteiger partial charge in [0, 0.05) is 25.0 Å². The van der Waals surface area contributed by atoms with Crippen molar-refractivity contribution < 1.29 is 9.59 Å². The van der Waals surface area contributed by atoms with E-state index < -0.39 is 6.03 Å². The lowest BCUT2D eigenvalue weighted by atomic mass is 10.2. The molecule has 6 heteroatoms. The predicted molar refractivity (Wildman–Crippen MR) is 65.4 cm³/mol. The van der Waals surface area contributed by atoms with Crippen LogP contribution in [0.5, 0.6) is 0 Å². The van der Waals surface area contributed by atoms with E-state index in [0.29, 0.717) is 0 Å². The Morgan fingerprint density at radius 1 is 1.39 bits per heavy atom. The molecular weight excluding hydrogens is 232 g/mol. The number of nitrogens with zero attached hydrogens (tertiary/aromatic N) is 2. The van der Waals surface area contributed by atoms with Crippen LogP contribution in [0.4, 0.5) is 4.79 Å². The van der Waals surface area contributed by atoms with Crippen molar-refractivity contribution in [2.24, 2.45) is 0 Å². The summed E-state index contributed by atoms with van der Waals surface area (Å²) in [6, 6.07) is 3.30. The van der Waals surface area contributed by atoms with Crippen molar-refractivity contribution in [3.8, 4) is 0 Å². The SMILES string of the molecule is CN1C(=O)NC(=Cc2c[nH]c3cccnc23)C1=O. The average Bonchev–Trinajstić information content (AvgIpc) is 2.89. The van der Waals surface area contributed by atoms with E-state index in [1.807, 2.05) is 12.1 Å². The number of amides is 3. The number of hydrogen-bond acceptors (Lipinski definition) is 3. The van der Waals surface area contributed by atoms with Crippen LogP contribution >= 0.6 is 0 Å². The molecule has 0 unspecified atom stereocenters. The van der Waals surface area contributed by atoms with Gasteiger partial charge in [0.25, 0.3) is 5.91 Å². The molecule has 3 rings (SSSR count). The van der Waals surface area contributed by atoms with Crippen LogP contribution in [0.25, 0.3) is 17.1 Å². The molecule has 1 aliphatic heterocycles. The number of carbonyl (C=O) groups excluding carboxylic acids is 2. The molecule has 0 spiro atoms. The van der Waals surface area contributed by atoms with Gasteiger partial charge in [-0.05, 0) is 18.2 Å². The van der Waals surface area contributed by atoms with E-state index in [1.165, 1.54) is 7.05 Å². The highest BCUT2D eigenvalue weighted by Gasteiger charge is 2.30. The quantitative estimate of drug-likeness (QED) is 0.580. The van der Waals surface area contributed by atoms with Crippen molar-refractivity contribution >= 4 is 29.0 Å². The van der Waals surface area contributed by atoms with Gasteiger partial charge in [-0.1, -0.05) is 0 Å². The second-order valence-electron chi connectivity index (χ2n) is 4.00. The van der Waals surface area contributed by atoms with Gasteiger partial charge in [-0.2, -0.15) is 0 Å². The molecule has 1 saturated heterocycles. The molecule has 3 amide bonds. The van der Waals surface area contributed by atoms with Crippen LogP contribution < -0.4 is 5.32 Å². The van der Waals surface area contributed by atoms with Crippen molar-refractivity contribution in [2.75, 3.05) is 7.05 Å². The average molecular weight is 242 g/mol. The van der Waals surface area contributed by atoms with Crippen LogP contribution in [0.3, 0.4) is 0 Å². The van der Waals surface area contributed by atoms with E-state index in [4.69, 9.17) is 0 Å². The molecule has 1 fully saturated rings. The Balaban J connectivity index is 2.07. The number of fused-ring (bicyclic) bond motifs is 1. The standard InChI is InChI=1S/C12H10N4O2/c1-16-11(17)9(15-12(16)18)5-7-6-14-8-3-2-4-13-10(7)8/h2-6,14H,1H3,(H,15,18). The Bertz CT molecular complexity index is 686. The van der Waals surface area contributed by atoms with E-state index in [9.17, 15) is 9.59 Å². The molecule has 90 valence electrons. The number of rotatable bonds is 1. The fraction of sp³-hybridized carbons (Fsp3) is 0.0833. The summed E-state index contributed by atoms with van der Waals surface area (Å²) in [5.41, 5.74) is 2.68. The van der Waals surface area contributed by atoms with Gasteiger partial charge in [-0.25, -0.2) is 4.79 Å². The minimum absolute atomic E-state index is 0.258. The van der Waals surface area contributed by atoms with E-state index in [0.717, 1.165) is 21.5 Å². The maximum atomic E-state index is 11.7. The third-order valence-corrected chi connectivity index (χ3v) is 2.85. The topological polar surface area (TPSA) is 78.1 Å². The monoisotopic (exact) mass is 242 g/mol. The Labute approximate surface area is 102 Å². The van der Waals surface area contributed by atoms with Crippen molar-refractivity contribution in [2.45, 2.75) is 0 Å². The van der Waals surface area contributed by atoms with E-state index >= 15 is 0 Å². The van der Waals surface area contributed by atoms with Gasteiger partial charge >= 0.3 is 6.03 Å². The zero-order valence-corrected chi connectivity index (χ0v) is 9.60. The molecule has 2 aromatic heterocycles. The molecule has 3 heterocycles. The van der Waals surface area contributed by atoms with Crippen LogP contribution in [0.15, 0.2) is 30.2 Å². The number of H-pyrrole nitrogens is 1. The summed E-state index contributed by atoms with van der Waals surface area (Å²) in [4.78, 5) is 31.4. The first-order valence-corrected chi connectivity index (χ1v) is 5.39. The van der Waals surface area contributed by atoms with Gasteiger partial charge in [0.15, 0.2) is 0 Å². The fourth-order valence-corrected chi connectivity index (χ4v) is 1.86. The van der Waals surface area contributed by atoms with Crippen molar-refractivity contribution in [1.29, 1.82) is 0 Å². The van der Waals surface area contributed by atoms with Crippen LogP contribution in [0.2, 0.25) is 0 Å². The summed E-state index contributed by atoms with van der Waals surface area (Å²) in [5, 5.41) is 2.51. The number of urea groups is 1. The van der Waals surface area contributed by atoms with Crippen molar-refractivity contribution in [3.63, 3.8) is 0 Å². The number of aromatic nitrogens is 2. The maximum absolute atomic E-state index is 11.7. The number of likely N-dealkylation sites (N-methyl/N-ethyl adjacent to an activating group) is 1. The highest BCUT2D eigenvalue weighted by Crippen LogP contribution is 2.19. The van der Waals surface area contributed by atoms with Gasteiger partial charge in [0.2, 0.25) is 0 Å². The predicted octanol–water partition coefficient (Wildman–Crippen LogP) is 1.09. The second kappa shape index (κ2) is 3.69. The molecule has 0 aliphatic carbocycles. The first kappa shape index (κ1) is 10.5. The molecular formula is C12H10N4O2. The first-order valence-electron chi connectivity index (χ1n) is 5.39. The minimum Gasteiger partial charge on any atom is -0.359 e. The number of imide groups is 1. The smallest absolute Gasteiger partial charge is 0.328 e. The minimum atomic E-state index is -0.418. The number of hydrogen-bond donors (Lipinski definition) is 2. The molecule has 0 radical (unpaired) electrons. The molecule has 0 bridgehead atoms. The van der Waals surface area contributed by atoms with Crippen LogP contribution in [-0.2, 0) is 4.79 Å². The van der Waals surface area contributed by atoms with E-state index in [-0.39, 0.29) is 11.6 Å². The molecule has 2 N–H and O–H groups in total. The van der Waals surface area contributed by atoms with Crippen LogP contribution in [0, 0.1) is 0 Å². The normalized spacial score (nSPS) is 17.8. The Hall–Kier alpha value is -2.63. The summed E-state index contributed by atoms with van der Waals surface area (Å²) in [5.74, 6) is -0.342. The second-order valence-corrected chi connectivity index (χ2v) is 4.00. The zero-order chi connectivity index (χ0) is 12.7. The van der Waals surface area contributed by atoms with Gasteiger partial charge in [-0.3, -0.25) is 14.7 Å². The van der Waals surface area contributed by atoms with E-state index in [2.05, 4.69) is 15.3 Å². The summed E-state index contributed by atoms with van der Waals surface area (Å²) in [6.07, 6.45) is 5.05. The number of aromatic amines is 1. The van der Waals surface area contributed by atoms with Crippen molar-refractivity contribution in [1.82, 2.24) is 20.2 Å². The van der Waals surface area contributed by atoms with Gasteiger partial charge in [0.05, 0.1) is 11.0 Å². The summed E-state index contributed by atoms with van der Waals surface area (Å²) < 4.78 is 0. The number of pyridine rings is 1. The van der Waals surface area contributed by atoms with Gasteiger partial charge in [-0.15, -0.1) is 0 Å². The molecule has 6 nitrogen and oxygen atoms in total. The Morgan fingerprint density at radius 2 is 2.22 bits per heavy atom. The van der Waals surface area contributed by atoms with Crippen LogP contribution in [0.1, 0.15) is 5.56 Å². The lowest BCUT2D eigenvalue weighted by Crippen LogP contribution is -2.25. The fourth-order valence-electron chi connectivity index (χ4n) is 1.86. The molecule has 0 aromatic carbocycles. The lowest BCUT2D eigenvalue weighted by molar-refractivity contribution is -0.121. The zero-order valence-electron chi connectivity index (χ0n) is 9.60. The van der Waals surface area contributed by atoms with Crippen molar-refractivity contribution in [3.05, 3.63) is 35.8 Å². The summed E-state index contributed by atoms with van der Waals surface area (Å²) in [7, 11) is 1.44. The molecule has 18 heavy (non-hydrogen) atoms. The maximum Gasteiger partial charge on any atom is 0.328 e.